The van der Waals surface area contributed by atoms with Gasteiger partial charge in [-0.2, -0.15) is 0 Å². The Bertz CT molecular complexity index is 420. The molecule has 102 valence electrons. The number of hydrogen-bond acceptors (Lipinski definition) is 4. The summed E-state index contributed by atoms with van der Waals surface area (Å²) in [6.07, 6.45) is 7.62. The Morgan fingerprint density at radius 1 is 1.16 bits per heavy atom. The number of carbonyl (C=O) groups excluding carboxylic acids is 3. The van der Waals surface area contributed by atoms with E-state index in [0.29, 0.717) is 0 Å². The average Bonchev–Trinajstić information content (AvgIpc) is 2.37. The number of carbonyl (C=O) groups is 3. The lowest BCUT2D eigenvalue weighted by molar-refractivity contribution is -0.130. The maximum absolute atomic E-state index is 11.6. The zero-order valence-corrected chi connectivity index (χ0v) is 10.3. The fourth-order valence-corrected chi connectivity index (χ4v) is 1.14. The van der Waals surface area contributed by atoms with Gasteiger partial charge in [0.2, 0.25) is 5.91 Å². The van der Waals surface area contributed by atoms with Gasteiger partial charge in [0.15, 0.2) is 6.10 Å². The molecule has 4 N–H and O–H groups in total. The second kappa shape index (κ2) is 9.37. The van der Waals surface area contributed by atoms with Crippen LogP contribution in [0.15, 0.2) is 0 Å². The van der Waals surface area contributed by atoms with Crippen LogP contribution in [0.2, 0.25) is 0 Å². The standard InChI is InChI=1S/C12H15N3O4/c1-3-7-14-10(16)6-5-9(19-12(13)18)11(17)15-8-4-2/h1-2,9H,5-8H2,(H2,13,18)(H,14,16)(H,15,17). The third-order valence-electron chi connectivity index (χ3n) is 1.94. The van der Waals surface area contributed by atoms with E-state index in [2.05, 4.69) is 27.2 Å². The van der Waals surface area contributed by atoms with Gasteiger partial charge in [0.05, 0.1) is 13.1 Å². The molecule has 0 heterocycles. The van der Waals surface area contributed by atoms with Crippen LogP contribution in [0.1, 0.15) is 12.8 Å². The van der Waals surface area contributed by atoms with Crippen molar-refractivity contribution in [1.29, 1.82) is 0 Å². The molecule has 19 heavy (non-hydrogen) atoms. The molecule has 0 aliphatic carbocycles. The van der Waals surface area contributed by atoms with Gasteiger partial charge in [-0.25, -0.2) is 4.79 Å². The van der Waals surface area contributed by atoms with Crippen LogP contribution >= 0.6 is 0 Å². The highest BCUT2D eigenvalue weighted by Crippen LogP contribution is 2.03. The van der Waals surface area contributed by atoms with E-state index in [1.165, 1.54) is 0 Å². The molecule has 0 radical (unpaired) electrons. The minimum Gasteiger partial charge on any atom is -0.436 e. The van der Waals surface area contributed by atoms with Gasteiger partial charge in [0.25, 0.3) is 5.91 Å². The highest BCUT2D eigenvalue weighted by molar-refractivity contribution is 5.84. The maximum Gasteiger partial charge on any atom is 0.405 e. The van der Waals surface area contributed by atoms with Crippen LogP contribution in [-0.2, 0) is 14.3 Å². The molecule has 0 bridgehead atoms. The second-order valence-electron chi connectivity index (χ2n) is 3.37. The van der Waals surface area contributed by atoms with E-state index in [1.54, 1.807) is 0 Å². The van der Waals surface area contributed by atoms with Crippen molar-refractivity contribution in [1.82, 2.24) is 10.6 Å². The molecule has 0 aliphatic rings. The Balaban J connectivity index is 4.32. The minimum absolute atomic E-state index is 0.0131. The zero-order valence-electron chi connectivity index (χ0n) is 10.3. The predicted molar refractivity (Wildman–Crippen MR) is 67.4 cm³/mol. The monoisotopic (exact) mass is 265 g/mol. The lowest BCUT2D eigenvalue weighted by Crippen LogP contribution is -2.40. The molecule has 1 atom stereocenters. The van der Waals surface area contributed by atoms with Crippen molar-refractivity contribution in [2.45, 2.75) is 18.9 Å². The first-order valence-corrected chi connectivity index (χ1v) is 5.38. The van der Waals surface area contributed by atoms with Gasteiger partial charge in [0, 0.05) is 12.8 Å². The third-order valence-corrected chi connectivity index (χ3v) is 1.94. The Hall–Kier alpha value is -2.67. The topological polar surface area (TPSA) is 111 Å². The van der Waals surface area contributed by atoms with E-state index in [9.17, 15) is 14.4 Å². The van der Waals surface area contributed by atoms with Crippen molar-refractivity contribution in [3.63, 3.8) is 0 Å². The van der Waals surface area contributed by atoms with Gasteiger partial charge >= 0.3 is 6.09 Å². The average molecular weight is 265 g/mol. The van der Waals surface area contributed by atoms with Gasteiger partial charge in [-0.3, -0.25) is 9.59 Å². The van der Waals surface area contributed by atoms with Gasteiger partial charge in [0.1, 0.15) is 0 Å². The number of ether oxygens (including phenoxy) is 1. The first-order valence-electron chi connectivity index (χ1n) is 5.38. The molecule has 0 saturated heterocycles. The van der Waals surface area contributed by atoms with Gasteiger partial charge in [-0.15, -0.1) is 12.8 Å². The van der Waals surface area contributed by atoms with Gasteiger partial charge in [-0.05, 0) is 0 Å². The minimum atomic E-state index is -1.16. The molecule has 0 fully saturated rings. The smallest absolute Gasteiger partial charge is 0.405 e. The lowest BCUT2D eigenvalue weighted by Gasteiger charge is -2.15. The first kappa shape index (κ1) is 16.3. The molecule has 0 saturated carbocycles. The second-order valence-corrected chi connectivity index (χ2v) is 3.37. The van der Waals surface area contributed by atoms with Crippen LogP contribution in [0.3, 0.4) is 0 Å². The molecule has 1 unspecified atom stereocenters. The third kappa shape index (κ3) is 8.11. The van der Waals surface area contributed by atoms with Crippen molar-refractivity contribution < 1.29 is 19.1 Å². The SMILES string of the molecule is C#CCNC(=O)CCC(OC(N)=O)C(=O)NCC#C. The zero-order chi connectivity index (χ0) is 14.7. The van der Waals surface area contributed by atoms with Crippen LogP contribution in [-0.4, -0.2) is 37.1 Å². The van der Waals surface area contributed by atoms with E-state index in [-0.39, 0.29) is 31.8 Å². The van der Waals surface area contributed by atoms with E-state index < -0.39 is 18.1 Å². The fourth-order valence-electron chi connectivity index (χ4n) is 1.14. The van der Waals surface area contributed by atoms with E-state index >= 15 is 0 Å². The normalized spacial score (nSPS) is 10.4. The number of nitrogens with two attached hydrogens (primary N) is 1. The summed E-state index contributed by atoms with van der Waals surface area (Å²) in [6, 6.07) is 0. The Labute approximate surface area is 111 Å². The molecule has 0 aromatic rings. The van der Waals surface area contributed by atoms with Crippen molar-refractivity contribution in [3.8, 4) is 24.7 Å². The maximum atomic E-state index is 11.6. The molecule has 3 amide bonds. The number of terminal acetylenes is 2. The quantitative estimate of drug-likeness (QED) is 0.498. The number of primary amides is 1. The Morgan fingerprint density at radius 2 is 1.74 bits per heavy atom. The van der Waals surface area contributed by atoms with Crippen LogP contribution in [0.4, 0.5) is 4.79 Å². The molecule has 7 nitrogen and oxygen atoms in total. The van der Waals surface area contributed by atoms with E-state index in [4.69, 9.17) is 18.6 Å². The fraction of sp³-hybridized carbons (Fsp3) is 0.417. The first-order chi connectivity index (χ1) is 9.01. The Morgan fingerprint density at radius 3 is 2.26 bits per heavy atom. The summed E-state index contributed by atoms with van der Waals surface area (Å²) in [6.45, 7) is 0.0736. The number of nitrogens with one attached hydrogen (secondary N) is 2. The van der Waals surface area contributed by atoms with E-state index in [1.807, 2.05) is 0 Å². The van der Waals surface area contributed by atoms with Gasteiger partial charge < -0.3 is 21.1 Å². The van der Waals surface area contributed by atoms with Crippen molar-refractivity contribution >= 4 is 17.9 Å². The largest absolute Gasteiger partial charge is 0.436 e. The van der Waals surface area contributed by atoms with Crippen molar-refractivity contribution in [2.75, 3.05) is 13.1 Å². The number of hydrogen-bond donors (Lipinski definition) is 3. The summed E-state index contributed by atoms with van der Waals surface area (Å²) >= 11 is 0. The molecule has 7 heteroatoms. The molecular weight excluding hydrogens is 250 g/mol. The number of amides is 3. The number of rotatable bonds is 7. The van der Waals surface area contributed by atoms with Crippen LogP contribution in [0.25, 0.3) is 0 Å². The van der Waals surface area contributed by atoms with Gasteiger partial charge in [-0.1, -0.05) is 11.8 Å². The van der Waals surface area contributed by atoms with Crippen LogP contribution in [0.5, 0.6) is 0 Å². The van der Waals surface area contributed by atoms with Crippen molar-refractivity contribution in [2.24, 2.45) is 5.73 Å². The summed E-state index contributed by atoms with van der Waals surface area (Å²) in [5.74, 6) is 3.45. The summed E-state index contributed by atoms with van der Waals surface area (Å²) in [4.78, 5) is 33.5. The van der Waals surface area contributed by atoms with E-state index in [0.717, 1.165) is 0 Å². The molecular formula is C12H15N3O4. The molecule has 0 aromatic heterocycles. The van der Waals surface area contributed by atoms with Crippen molar-refractivity contribution in [3.05, 3.63) is 0 Å². The van der Waals surface area contributed by atoms with Crippen LogP contribution < -0.4 is 16.4 Å². The lowest BCUT2D eigenvalue weighted by atomic mass is 10.1. The molecule has 0 aliphatic heterocycles. The molecule has 0 aromatic carbocycles. The highest BCUT2D eigenvalue weighted by Gasteiger charge is 2.22. The predicted octanol–water partition coefficient (Wildman–Crippen LogP) is -1.27. The summed E-state index contributed by atoms with van der Waals surface area (Å²) < 4.78 is 4.60. The summed E-state index contributed by atoms with van der Waals surface area (Å²) in [7, 11) is 0. The molecule has 0 rings (SSSR count). The molecule has 0 spiro atoms. The summed E-state index contributed by atoms with van der Waals surface area (Å²) in [5, 5.41) is 4.75. The highest BCUT2D eigenvalue weighted by atomic mass is 16.6. The summed E-state index contributed by atoms with van der Waals surface area (Å²) in [5.41, 5.74) is 4.84. The van der Waals surface area contributed by atoms with Crippen LogP contribution in [0, 0.1) is 24.7 Å². The Kier molecular flexibility index (Phi) is 8.05.